The van der Waals surface area contributed by atoms with Crippen LogP contribution in [0.4, 0.5) is 0 Å². The van der Waals surface area contributed by atoms with Crippen molar-refractivity contribution in [2.75, 3.05) is 6.54 Å². The van der Waals surface area contributed by atoms with E-state index in [0.717, 1.165) is 18.8 Å². The second kappa shape index (κ2) is 4.09. The third kappa shape index (κ3) is 1.82. The monoisotopic (exact) mass is 248 g/mol. The van der Waals surface area contributed by atoms with Crippen molar-refractivity contribution in [2.24, 2.45) is 0 Å². The van der Waals surface area contributed by atoms with E-state index in [2.05, 4.69) is 20.2 Å². The van der Waals surface area contributed by atoms with E-state index in [1.54, 1.807) is 0 Å². The molecular formula is C13H20N4O. The molecule has 1 aromatic rings. The van der Waals surface area contributed by atoms with Crippen LogP contribution in [0, 0.1) is 0 Å². The number of fused-ring (bicyclic) bond motifs is 1. The van der Waals surface area contributed by atoms with Crippen LogP contribution in [-0.2, 0) is 17.8 Å². The van der Waals surface area contributed by atoms with Crippen molar-refractivity contribution in [3.8, 4) is 0 Å². The third-order valence-electron chi connectivity index (χ3n) is 3.91. The van der Waals surface area contributed by atoms with Gasteiger partial charge < -0.3 is 9.88 Å². The van der Waals surface area contributed by atoms with Gasteiger partial charge in [0.1, 0.15) is 5.82 Å². The molecule has 5 nitrogen and oxygen atoms in total. The minimum absolute atomic E-state index is 0.0594. The number of nitrogens with zero attached hydrogens (tertiary/aromatic N) is 2. The molecule has 2 aliphatic rings. The molecule has 1 unspecified atom stereocenters. The van der Waals surface area contributed by atoms with Crippen LogP contribution in [0.5, 0.6) is 0 Å². The minimum Gasteiger partial charge on any atom is -0.352 e. The van der Waals surface area contributed by atoms with Gasteiger partial charge in [0.2, 0.25) is 5.91 Å². The summed E-state index contributed by atoms with van der Waals surface area (Å²) >= 11 is 0. The summed E-state index contributed by atoms with van der Waals surface area (Å²) in [4.78, 5) is 16.3. The number of aromatic nitrogens is 2. The summed E-state index contributed by atoms with van der Waals surface area (Å²) in [5, 5.41) is 6.36. The molecule has 1 saturated heterocycles. The van der Waals surface area contributed by atoms with Crippen LogP contribution in [0.2, 0.25) is 0 Å². The summed E-state index contributed by atoms with van der Waals surface area (Å²) < 4.78 is 2.31. The van der Waals surface area contributed by atoms with Crippen molar-refractivity contribution in [1.82, 2.24) is 20.2 Å². The van der Waals surface area contributed by atoms with Gasteiger partial charge in [0, 0.05) is 25.0 Å². The van der Waals surface area contributed by atoms with Crippen molar-refractivity contribution in [3.05, 3.63) is 17.7 Å². The van der Waals surface area contributed by atoms with E-state index in [-0.39, 0.29) is 11.9 Å². The summed E-state index contributed by atoms with van der Waals surface area (Å²) in [7, 11) is 0. The molecule has 1 aromatic heterocycles. The van der Waals surface area contributed by atoms with Crippen LogP contribution in [0.25, 0.3) is 0 Å². The lowest BCUT2D eigenvalue weighted by Crippen LogP contribution is -2.61. The first-order valence-electron chi connectivity index (χ1n) is 6.68. The van der Waals surface area contributed by atoms with E-state index in [1.807, 2.05) is 20.0 Å². The Balaban J connectivity index is 1.87. The second-order valence-corrected chi connectivity index (χ2v) is 5.75. The fraction of sp³-hybridized carbons (Fsp3) is 0.692. The number of amides is 1. The standard InChI is InChI=1S/C13H20N4O/c1-13(2)12(18)15-8-10(16-13)11-14-7-9-5-3-4-6-17(9)11/h7,10,16H,3-6,8H2,1-2H3,(H,15,18). The molecular weight excluding hydrogens is 228 g/mol. The molecule has 0 radical (unpaired) electrons. The number of carbonyl (C=O) groups is 1. The minimum atomic E-state index is -0.524. The van der Waals surface area contributed by atoms with E-state index in [0.29, 0.717) is 6.54 Å². The number of hydrogen-bond acceptors (Lipinski definition) is 3. The lowest BCUT2D eigenvalue weighted by Gasteiger charge is -2.36. The van der Waals surface area contributed by atoms with Crippen molar-refractivity contribution in [2.45, 2.75) is 51.2 Å². The van der Waals surface area contributed by atoms with Gasteiger partial charge in [-0.15, -0.1) is 0 Å². The van der Waals surface area contributed by atoms with Gasteiger partial charge in [-0.25, -0.2) is 4.98 Å². The highest BCUT2D eigenvalue weighted by Gasteiger charge is 2.37. The summed E-state index contributed by atoms with van der Waals surface area (Å²) in [5.41, 5.74) is 0.803. The van der Waals surface area contributed by atoms with Crippen LogP contribution < -0.4 is 10.6 Å². The Morgan fingerprint density at radius 2 is 2.28 bits per heavy atom. The van der Waals surface area contributed by atoms with E-state index in [9.17, 15) is 4.79 Å². The van der Waals surface area contributed by atoms with E-state index in [1.165, 1.54) is 18.5 Å². The SMILES string of the molecule is CC1(C)NC(c2ncc3n2CCCC3)CNC1=O. The Hall–Kier alpha value is -1.36. The number of aryl methyl sites for hydroxylation is 1. The fourth-order valence-corrected chi connectivity index (χ4v) is 2.86. The van der Waals surface area contributed by atoms with Crippen LogP contribution in [0.3, 0.4) is 0 Å². The van der Waals surface area contributed by atoms with E-state index in [4.69, 9.17) is 0 Å². The molecule has 98 valence electrons. The highest BCUT2D eigenvalue weighted by atomic mass is 16.2. The smallest absolute Gasteiger partial charge is 0.239 e. The molecule has 18 heavy (non-hydrogen) atoms. The maximum absolute atomic E-state index is 11.7. The van der Waals surface area contributed by atoms with Gasteiger partial charge in [0.15, 0.2) is 0 Å². The Kier molecular flexibility index (Phi) is 2.66. The molecule has 0 aliphatic carbocycles. The zero-order valence-corrected chi connectivity index (χ0v) is 11.0. The predicted molar refractivity (Wildman–Crippen MR) is 68.1 cm³/mol. The molecule has 1 amide bonds. The molecule has 0 spiro atoms. The number of carbonyl (C=O) groups excluding carboxylic acids is 1. The summed E-state index contributed by atoms with van der Waals surface area (Å²) in [6.07, 6.45) is 5.58. The van der Waals surface area contributed by atoms with Crippen molar-refractivity contribution < 1.29 is 4.79 Å². The van der Waals surface area contributed by atoms with Crippen LogP contribution in [0.15, 0.2) is 6.20 Å². The Morgan fingerprint density at radius 1 is 1.44 bits per heavy atom. The zero-order chi connectivity index (χ0) is 12.8. The molecule has 2 N–H and O–H groups in total. The van der Waals surface area contributed by atoms with Gasteiger partial charge in [-0.1, -0.05) is 0 Å². The average Bonchev–Trinajstić information content (AvgIpc) is 2.76. The Morgan fingerprint density at radius 3 is 3.06 bits per heavy atom. The number of hydrogen-bond donors (Lipinski definition) is 2. The number of imidazole rings is 1. The largest absolute Gasteiger partial charge is 0.352 e. The number of piperazine rings is 1. The molecule has 1 fully saturated rings. The van der Waals surface area contributed by atoms with E-state index >= 15 is 0 Å². The maximum atomic E-state index is 11.7. The van der Waals surface area contributed by atoms with Gasteiger partial charge in [-0.3, -0.25) is 10.1 Å². The lowest BCUT2D eigenvalue weighted by molar-refractivity contribution is -0.128. The Labute approximate surface area is 107 Å². The van der Waals surface area contributed by atoms with Crippen molar-refractivity contribution in [3.63, 3.8) is 0 Å². The van der Waals surface area contributed by atoms with Gasteiger partial charge in [0.25, 0.3) is 0 Å². The summed E-state index contributed by atoms with van der Waals surface area (Å²) in [6.45, 7) is 5.50. The second-order valence-electron chi connectivity index (χ2n) is 5.75. The zero-order valence-electron chi connectivity index (χ0n) is 11.0. The predicted octanol–water partition coefficient (Wildman–Crippen LogP) is 0.758. The average molecular weight is 248 g/mol. The highest BCUT2D eigenvalue weighted by Crippen LogP contribution is 2.24. The molecule has 3 heterocycles. The summed E-state index contributed by atoms with van der Waals surface area (Å²) in [5.74, 6) is 1.13. The molecule has 0 bridgehead atoms. The van der Waals surface area contributed by atoms with Gasteiger partial charge >= 0.3 is 0 Å². The topological polar surface area (TPSA) is 59.0 Å². The molecule has 0 aromatic carbocycles. The summed E-state index contributed by atoms with van der Waals surface area (Å²) in [6, 6.07) is 0.115. The first kappa shape index (κ1) is 11.7. The highest BCUT2D eigenvalue weighted by molar-refractivity contribution is 5.86. The van der Waals surface area contributed by atoms with E-state index < -0.39 is 5.54 Å². The third-order valence-corrected chi connectivity index (χ3v) is 3.91. The van der Waals surface area contributed by atoms with Gasteiger partial charge in [-0.05, 0) is 33.1 Å². The van der Waals surface area contributed by atoms with Crippen LogP contribution >= 0.6 is 0 Å². The van der Waals surface area contributed by atoms with Gasteiger partial charge in [0.05, 0.1) is 11.6 Å². The van der Waals surface area contributed by atoms with Crippen LogP contribution in [0.1, 0.15) is 44.2 Å². The Bertz CT molecular complexity index is 477. The fourth-order valence-electron chi connectivity index (χ4n) is 2.86. The van der Waals surface area contributed by atoms with Crippen molar-refractivity contribution in [1.29, 1.82) is 0 Å². The quantitative estimate of drug-likeness (QED) is 0.771. The molecule has 3 rings (SSSR count). The normalized spacial score (nSPS) is 26.6. The maximum Gasteiger partial charge on any atom is 0.239 e. The first-order chi connectivity index (χ1) is 8.58. The molecule has 5 heteroatoms. The molecule has 2 aliphatic heterocycles. The molecule has 1 atom stereocenters. The first-order valence-corrected chi connectivity index (χ1v) is 6.68. The lowest BCUT2D eigenvalue weighted by atomic mass is 9.98. The number of nitrogens with one attached hydrogen (secondary N) is 2. The molecule has 0 saturated carbocycles. The van der Waals surface area contributed by atoms with Crippen molar-refractivity contribution >= 4 is 5.91 Å². The van der Waals surface area contributed by atoms with Gasteiger partial charge in [-0.2, -0.15) is 0 Å². The van der Waals surface area contributed by atoms with Crippen LogP contribution in [-0.4, -0.2) is 27.5 Å². The number of rotatable bonds is 1.